The van der Waals surface area contributed by atoms with E-state index in [4.69, 9.17) is 4.74 Å². The van der Waals surface area contributed by atoms with Gasteiger partial charge >= 0.3 is 0 Å². The normalized spacial score (nSPS) is 15.8. The van der Waals surface area contributed by atoms with E-state index >= 15 is 0 Å². The zero-order chi connectivity index (χ0) is 15.2. The molecule has 6 nitrogen and oxygen atoms in total. The third-order valence-electron chi connectivity index (χ3n) is 3.44. The van der Waals surface area contributed by atoms with Crippen LogP contribution in [0.3, 0.4) is 0 Å². The molecular weight excluding hydrogens is 277 g/mol. The second-order valence-electron chi connectivity index (χ2n) is 4.93. The lowest BCUT2D eigenvalue weighted by molar-refractivity contribution is -0.136. The Bertz CT molecular complexity index is 516. The number of methoxy groups -OCH3 is 1. The van der Waals surface area contributed by atoms with Crippen molar-refractivity contribution in [1.29, 1.82) is 0 Å². The Balaban J connectivity index is 1.83. The van der Waals surface area contributed by atoms with E-state index in [0.717, 1.165) is 6.07 Å². The van der Waals surface area contributed by atoms with E-state index in [0.29, 0.717) is 25.9 Å². The van der Waals surface area contributed by atoms with Crippen LogP contribution in [0.15, 0.2) is 18.3 Å². The highest BCUT2D eigenvalue weighted by Gasteiger charge is 2.24. The van der Waals surface area contributed by atoms with E-state index in [9.17, 15) is 14.0 Å². The van der Waals surface area contributed by atoms with Gasteiger partial charge in [0.1, 0.15) is 6.61 Å². The Kier molecular flexibility index (Phi) is 5.21. The molecule has 21 heavy (non-hydrogen) atoms. The Labute approximate surface area is 122 Å². The van der Waals surface area contributed by atoms with Crippen molar-refractivity contribution in [3.63, 3.8) is 0 Å². The smallest absolute Gasteiger partial charge is 0.251 e. The van der Waals surface area contributed by atoms with Crippen LogP contribution >= 0.6 is 0 Å². The molecule has 1 aliphatic rings. The molecule has 1 aromatic heterocycles. The van der Waals surface area contributed by atoms with Gasteiger partial charge in [-0.05, 0) is 18.9 Å². The highest BCUT2D eigenvalue weighted by atomic mass is 19.1. The van der Waals surface area contributed by atoms with Crippen molar-refractivity contribution in [1.82, 2.24) is 15.2 Å². The molecule has 0 saturated carbocycles. The van der Waals surface area contributed by atoms with Crippen LogP contribution in [0.25, 0.3) is 0 Å². The molecule has 114 valence electrons. The molecular formula is C14H18FN3O3. The van der Waals surface area contributed by atoms with Gasteiger partial charge in [-0.3, -0.25) is 9.59 Å². The second kappa shape index (κ2) is 7.12. The van der Waals surface area contributed by atoms with Gasteiger partial charge in [0.15, 0.2) is 0 Å². The fourth-order valence-electron chi connectivity index (χ4n) is 2.30. The number of carbonyl (C=O) groups is 2. The first kappa shape index (κ1) is 15.4. The molecule has 1 saturated heterocycles. The number of hydrogen-bond donors (Lipinski definition) is 1. The number of rotatable bonds is 4. The molecule has 0 bridgehead atoms. The average molecular weight is 295 g/mol. The number of likely N-dealkylation sites (tertiary alicyclic amines) is 1. The van der Waals surface area contributed by atoms with Crippen molar-refractivity contribution in [2.75, 3.05) is 26.8 Å². The maximum Gasteiger partial charge on any atom is 0.251 e. The van der Waals surface area contributed by atoms with Gasteiger partial charge in [0.05, 0.1) is 0 Å². The third kappa shape index (κ3) is 4.22. The summed E-state index contributed by atoms with van der Waals surface area (Å²) in [5, 5.41) is 2.85. The van der Waals surface area contributed by atoms with Crippen molar-refractivity contribution < 1.29 is 18.7 Å². The van der Waals surface area contributed by atoms with Gasteiger partial charge in [-0.1, -0.05) is 0 Å². The van der Waals surface area contributed by atoms with Crippen LogP contribution in [0.2, 0.25) is 0 Å². The highest BCUT2D eigenvalue weighted by Crippen LogP contribution is 2.11. The number of nitrogens with one attached hydrogen (secondary N) is 1. The molecule has 2 heterocycles. The summed E-state index contributed by atoms with van der Waals surface area (Å²) in [7, 11) is 1.48. The number of aromatic nitrogens is 1. The molecule has 0 atom stereocenters. The fraction of sp³-hybridized carbons (Fsp3) is 0.500. The molecule has 7 heteroatoms. The minimum absolute atomic E-state index is 0.0136. The maximum atomic E-state index is 13.0. The van der Waals surface area contributed by atoms with Gasteiger partial charge in [0.25, 0.3) is 5.91 Å². The predicted molar refractivity (Wildman–Crippen MR) is 73.1 cm³/mol. The van der Waals surface area contributed by atoms with Gasteiger partial charge in [-0.25, -0.2) is 4.98 Å². The van der Waals surface area contributed by atoms with Gasteiger partial charge in [0, 0.05) is 44.1 Å². The Morgan fingerprint density at radius 2 is 2.19 bits per heavy atom. The van der Waals surface area contributed by atoms with E-state index in [1.807, 2.05) is 0 Å². The Hall–Kier alpha value is -2.02. The number of carbonyl (C=O) groups excluding carboxylic acids is 2. The lowest BCUT2D eigenvalue weighted by atomic mass is 10.0. The molecule has 0 radical (unpaired) electrons. The quantitative estimate of drug-likeness (QED) is 0.825. The van der Waals surface area contributed by atoms with Crippen LogP contribution in [0, 0.1) is 5.95 Å². The summed E-state index contributed by atoms with van der Waals surface area (Å²) >= 11 is 0. The summed E-state index contributed by atoms with van der Waals surface area (Å²) < 4.78 is 17.8. The second-order valence-corrected chi connectivity index (χ2v) is 4.93. The van der Waals surface area contributed by atoms with E-state index in [1.54, 1.807) is 4.90 Å². The van der Waals surface area contributed by atoms with Crippen molar-refractivity contribution in [2.24, 2.45) is 0 Å². The molecule has 0 aliphatic carbocycles. The lowest BCUT2D eigenvalue weighted by Gasteiger charge is -2.32. The van der Waals surface area contributed by atoms with Crippen molar-refractivity contribution in [2.45, 2.75) is 18.9 Å². The number of hydrogen-bond acceptors (Lipinski definition) is 4. The number of halogens is 1. The first-order valence-corrected chi connectivity index (χ1v) is 6.79. The predicted octanol–water partition coefficient (Wildman–Crippen LogP) is 0.588. The molecule has 0 unspecified atom stereocenters. The molecule has 1 aromatic rings. The van der Waals surface area contributed by atoms with Crippen LogP contribution < -0.4 is 5.32 Å². The summed E-state index contributed by atoms with van der Waals surface area (Å²) in [5.74, 6) is -1.04. The number of nitrogens with zero attached hydrogens (tertiary/aromatic N) is 2. The van der Waals surface area contributed by atoms with Crippen molar-refractivity contribution >= 4 is 11.8 Å². The van der Waals surface area contributed by atoms with Crippen LogP contribution in [0.5, 0.6) is 0 Å². The molecule has 0 spiro atoms. The number of amides is 2. The van der Waals surface area contributed by atoms with Crippen molar-refractivity contribution in [3.05, 3.63) is 29.8 Å². The van der Waals surface area contributed by atoms with Gasteiger partial charge in [-0.15, -0.1) is 0 Å². The standard InChI is InChI=1S/C14H18FN3O3/c1-21-9-13(19)18-6-3-11(4-7-18)17-14(20)10-2-5-16-12(15)8-10/h2,5,8,11H,3-4,6-7,9H2,1H3,(H,17,20). The zero-order valence-corrected chi connectivity index (χ0v) is 11.8. The van der Waals surface area contributed by atoms with Crippen LogP contribution in [-0.4, -0.2) is 54.5 Å². The fourth-order valence-corrected chi connectivity index (χ4v) is 2.30. The van der Waals surface area contributed by atoms with E-state index in [-0.39, 0.29) is 30.0 Å². The number of piperidine rings is 1. The van der Waals surface area contributed by atoms with Crippen LogP contribution in [0.4, 0.5) is 4.39 Å². The molecule has 1 N–H and O–H groups in total. The molecule has 1 aliphatic heterocycles. The van der Waals surface area contributed by atoms with Crippen LogP contribution in [0.1, 0.15) is 23.2 Å². The summed E-state index contributed by atoms with van der Waals surface area (Å²) in [5.41, 5.74) is 0.250. The Morgan fingerprint density at radius 3 is 2.81 bits per heavy atom. The van der Waals surface area contributed by atoms with Gasteiger partial charge in [0.2, 0.25) is 11.9 Å². The van der Waals surface area contributed by atoms with Gasteiger partial charge in [-0.2, -0.15) is 4.39 Å². The average Bonchev–Trinajstić information content (AvgIpc) is 2.48. The first-order valence-electron chi connectivity index (χ1n) is 6.79. The zero-order valence-electron chi connectivity index (χ0n) is 11.8. The number of ether oxygens (including phenoxy) is 1. The minimum atomic E-state index is -0.678. The third-order valence-corrected chi connectivity index (χ3v) is 3.44. The van der Waals surface area contributed by atoms with E-state index in [1.165, 1.54) is 19.4 Å². The van der Waals surface area contributed by atoms with E-state index in [2.05, 4.69) is 10.3 Å². The monoisotopic (exact) mass is 295 g/mol. The first-order chi connectivity index (χ1) is 10.1. The highest BCUT2D eigenvalue weighted by molar-refractivity contribution is 5.94. The summed E-state index contributed by atoms with van der Waals surface area (Å²) in [6, 6.07) is 2.56. The molecule has 2 amide bonds. The minimum Gasteiger partial charge on any atom is -0.375 e. The largest absolute Gasteiger partial charge is 0.375 e. The maximum absolute atomic E-state index is 13.0. The Morgan fingerprint density at radius 1 is 1.48 bits per heavy atom. The van der Waals surface area contributed by atoms with Gasteiger partial charge < -0.3 is 15.0 Å². The molecule has 2 rings (SSSR count). The lowest BCUT2D eigenvalue weighted by Crippen LogP contribution is -2.47. The number of pyridine rings is 1. The topological polar surface area (TPSA) is 71.5 Å². The SMILES string of the molecule is COCC(=O)N1CCC(NC(=O)c2ccnc(F)c2)CC1. The summed E-state index contributed by atoms with van der Waals surface area (Å²) in [6.07, 6.45) is 2.61. The van der Waals surface area contributed by atoms with E-state index < -0.39 is 5.95 Å². The van der Waals surface area contributed by atoms with Crippen LogP contribution in [-0.2, 0) is 9.53 Å². The van der Waals surface area contributed by atoms with Crippen molar-refractivity contribution in [3.8, 4) is 0 Å². The summed E-state index contributed by atoms with van der Waals surface area (Å²) in [4.78, 5) is 28.8. The summed E-state index contributed by atoms with van der Waals surface area (Å²) in [6.45, 7) is 1.24. The molecule has 0 aromatic carbocycles. The molecule has 1 fully saturated rings.